The van der Waals surface area contributed by atoms with Gasteiger partial charge in [-0.1, -0.05) is 6.07 Å². The molecule has 0 N–H and O–H groups in total. The number of aromatic nitrogens is 1. The number of aryl methyl sites for hydroxylation is 1. The minimum absolute atomic E-state index is 0.443. The van der Waals surface area contributed by atoms with Gasteiger partial charge in [-0.3, -0.25) is 4.90 Å². The first-order valence-corrected chi connectivity index (χ1v) is 6.39. The third-order valence-corrected chi connectivity index (χ3v) is 3.76. The van der Waals surface area contributed by atoms with Crippen LogP contribution >= 0.6 is 0 Å². The summed E-state index contributed by atoms with van der Waals surface area (Å²) in [6.07, 6.45) is 0. The average Bonchev–Trinajstić information content (AvgIpc) is 2.71. The summed E-state index contributed by atoms with van der Waals surface area (Å²) in [5.74, 6) is 0.733. The van der Waals surface area contributed by atoms with Gasteiger partial charge in [0.1, 0.15) is 5.52 Å². The highest BCUT2D eigenvalue weighted by molar-refractivity contribution is 5.73. The fourth-order valence-corrected chi connectivity index (χ4v) is 2.63. The number of nitrogens with zero attached hydrogens (tertiary/aromatic N) is 3. The van der Waals surface area contributed by atoms with E-state index in [1.165, 1.54) is 5.56 Å². The smallest absolute Gasteiger partial charge is 0.192 e. The van der Waals surface area contributed by atoms with Crippen molar-refractivity contribution in [2.75, 3.05) is 33.7 Å². The maximum absolute atomic E-state index is 5.62. The van der Waals surface area contributed by atoms with Gasteiger partial charge in [0.05, 0.1) is 0 Å². The molecule has 18 heavy (non-hydrogen) atoms. The first kappa shape index (κ1) is 11.7. The summed E-state index contributed by atoms with van der Waals surface area (Å²) in [6, 6.07) is 6.81. The molecule has 1 aromatic carbocycles. The molecule has 2 heterocycles. The van der Waals surface area contributed by atoms with Gasteiger partial charge >= 0.3 is 0 Å². The lowest BCUT2D eigenvalue weighted by Crippen LogP contribution is -2.44. The van der Waals surface area contributed by atoms with Crippen molar-refractivity contribution in [3.63, 3.8) is 0 Å². The molecule has 96 valence electrons. The second-order valence-electron chi connectivity index (χ2n) is 5.22. The van der Waals surface area contributed by atoms with E-state index >= 15 is 0 Å². The van der Waals surface area contributed by atoms with Crippen molar-refractivity contribution in [2.45, 2.75) is 13.0 Å². The number of fused-ring (bicyclic) bond motifs is 1. The number of rotatable bonds is 1. The Kier molecular flexibility index (Phi) is 2.84. The van der Waals surface area contributed by atoms with E-state index in [0.29, 0.717) is 6.04 Å². The molecule has 1 aliphatic heterocycles. The lowest BCUT2D eigenvalue weighted by molar-refractivity contribution is 0.115. The van der Waals surface area contributed by atoms with E-state index in [4.69, 9.17) is 4.42 Å². The zero-order chi connectivity index (χ0) is 12.7. The lowest BCUT2D eigenvalue weighted by Gasteiger charge is -2.37. The third-order valence-electron chi connectivity index (χ3n) is 3.76. The molecule has 0 saturated carbocycles. The minimum atomic E-state index is 0.443. The minimum Gasteiger partial charge on any atom is -0.441 e. The Morgan fingerprint density at radius 2 is 2.11 bits per heavy atom. The molecule has 4 heteroatoms. The molecule has 0 bridgehead atoms. The number of likely N-dealkylation sites (N-methyl/N-ethyl adjacent to an activating group) is 2. The number of hydrogen-bond donors (Lipinski definition) is 0. The third kappa shape index (κ3) is 2.02. The number of benzene rings is 1. The Balaban J connectivity index is 1.97. The molecule has 0 aliphatic carbocycles. The SMILES string of the molecule is Cc1nc2ccc(C3CN(C)CCN3C)cc2o1. The summed E-state index contributed by atoms with van der Waals surface area (Å²) in [4.78, 5) is 9.13. The molecule has 1 fully saturated rings. The number of hydrogen-bond acceptors (Lipinski definition) is 4. The molecule has 1 unspecified atom stereocenters. The highest BCUT2D eigenvalue weighted by atomic mass is 16.3. The van der Waals surface area contributed by atoms with Gasteiger partial charge in [0, 0.05) is 32.6 Å². The molecule has 2 aromatic rings. The summed E-state index contributed by atoms with van der Waals surface area (Å²) < 4.78 is 5.62. The van der Waals surface area contributed by atoms with Crippen molar-refractivity contribution in [3.8, 4) is 0 Å². The fourth-order valence-electron chi connectivity index (χ4n) is 2.63. The molecule has 3 rings (SSSR count). The first-order valence-electron chi connectivity index (χ1n) is 6.39. The van der Waals surface area contributed by atoms with Crippen LogP contribution in [0.1, 0.15) is 17.5 Å². The van der Waals surface area contributed by atoms with Gasteiger partial charge in [-0.15, -0.1) is 0 Å². The molecule has 1 aromatic heterocycles. The van der Waals surface area contributed by atoms with Crippen LogP contribution in [0.2, 0.25) is 0 Å². The monoisotopic (exact) mass is 245 g/mol. The Morgan fingerprint density at radius 1 is 1.28 bits per heavy atom. The van der Waals surface area contributed by atoms with Gasteiger partial charge in [0.25, 0.3) is 0 Å². The van der Waals surface area contributed by atoms with Gasteiger partial charge in [0.2, 0.25) is 0 Å². The van der Waals surface area contributed by atoms with Crippen molar-refractivity contribution < 1.29 is 4.42 Å². The zero-order valence-electron chi connectivity index (χ0n) is 11.2. The van der Waals surface area contributed by atoms with Crippen LogP contribution in [-0.4, -0.2) is 48.5 Å². The highest BCUT2D eigenvalue weighted by Crippen LogP contribution is 2.26. The Labute approximate surface area is 107 Å². The second kappa shape index (κ2) is 4.37. The van der Waals surface area contributed by atoms with Gasteiger partial charge < -0.3 is 9.32 Å². The predicted molar refractivity (Wildman–Crippen MR) is 71.6 cm³/mol. The van der Waals surface area contributed by atoms with E-state index in [0.717, 1.165) is 36.6 Å². The van der Waals surface area contributed by atoms with Crippen molar-refractivity contribution in [1.82, 2.24) is 14.8 Å². The van der Waals surface area contributed by atoms with Gasteiger partial charge in [-0.25, -0.2) is 4.98 Å². The number of oxazole rings is 1. The quantitative estimate of drug-likeness (QED) is 0.770. The lowest BCUT2D eigenvalue weighted by atomic mass is 10.0. The van der Waals surface area contributed by atoms with Gasteiger partial charge in [-0.2, -0.15) is 0 Å². The average molecular weight is 245 g/mol. The predicted octanol–water partition coefficient (Wildman–Crippen LogP) is 2.05. The van der Waals surface area contributed by atoms with Crippen LogP contribution in [0, 0.1) is 6.92 Å². The Hall–Kier alpha value is -1.39. The van der Waals surface area contributed by atoms with Crippen LogP contribution in [-0.2, 0) is 0 Å². The van der Waals surface area contributed by atoms with Crippen LogP contribution in [0.15, 0.2) is 22.6 Å². The van der Waals surface area contributed by atoms with E-state index < -0.39 is 0 Å². The molecule has 0 radical (unpaired) electrons. The Bertz CT molecular complexity index is 563. The van der Waals surface area contributed by atoms with Crippen molar-refractivity contribution in [3.05, 3.63) is 29.7 Å². The summed E-state index contributed by atoms with van der Waals surface area (Å²) in [6.45, 7) is 5.20. The summed E-state index contributed by atoms with van der Waals surface area (Å²) in [7, 11) is 4.37. The molecule has 1 atom stereocenters. The standard InChI is InChI=1S/C14H19N3O/c1-10-15-12-5-4-11(8-14(12)18-10)13-9-16(2)6-7-17(13)3/h4-5,8,13H,6-7,9H2,1-3H3. The van der Waals surface area contributed by atoms with E-state index in [-0.39, 0.29) is 0 Å². The maximum atomic E-state index is 5.62. The van der Waals surface area contributed by atoms with E-state index in [2.05, 4.69) is 47.1 Å². The molecule has 1 aliphatic rings. The van der Waals surface area contributed by atoms with Crippen molar-refractivity contribution >= 4 is 11.1 Å². The van der Waals surface area contributed by atoms with E-state index in [1.807, 2.05) is 6.92 Å². The van der Waals surface area contributed by atoms with Crippen LogP contribution < -0.4 is 0 Å². The summed E-state index contributed by atoms with van der Waals surface area (Å²) >= 11 is 0. The topological polar surface area (TPSA) is 32.5 Å². The molecule has 1 saturated heterocycles. The fraction of sp³-hybridized carbons (Fsp3) is 0.500. The van der Waals surface area contributed by atoms with Crippen molar-refractivity contribution in [2.24, 2.45) is 0 Å². The second-order valence-corrected chi connectivity index (χ2v) is 5.22. The van der Waals surface area contributed by atoms with Crippen LogP contribution in [0.25, 0.3) is 11.1 Å². The van der Waals surface area contributed by atoms with Crippen molar-refractivity contribution in [1.29, 1.82) is 0 Å². The first-order chi connectivity index (χ1) is 8.63. The Morgan fingerprint density at radius 3 is 2.94 bits per heavy atom. The van der Waals surface area contributed by atoms with Gasteiger partial charge in [0.15, 0.2) is 11.5 Å². The molecule has 4 nitrogen and oxygen atoms in total. The largest absolute Gasteiger partial charge is 0.441 e. The zero-order valence-corrected chi connectivity index (χ0v) is 11.2. The summed E-state index contributed by atoms with van der Waals surface area (Å²) in [5, 5.41) is 0. The normalized spacial score (nSPS) is 22.7. The van der Waals surface area contributed by atoms with Crippen LogP contribution in [0.4, 0.5) is 0 Å². The molecule has 0 amide bonds. The molecular formula is C14H19N3O. The number of piperazine rings is 1. The maximum Gasteiger partial charge on any atom is 0.192 e. The molecular weight excluding hydrogens is 226 g/mol. The van der Waals surface area contributed by atoms with Gasteiger partial charge in [-0.05, 0) is 31.8 Å². The van der Waals surface area contributed by atoms with Crippen LogP contribution in [0.5, 0.6) is 0 Å². The van der Waals surface area contributed by atoms with E-state index in [9.17, 15) is 0 Å². The summed E-state index contributed by atoms with van der Waals surface area (Å²) in [5.41, 5.74) is 3.15. The molecule has 0 spiro atoms. The van der Waals surface area contributed by atoms with Crippen LogP contribution in [0.3, 0.4) is 0 Å². The highest BCUT2D eigenvalue weighted by Gasteiger charge is 2.24. The van der Waals surface area contributed by atoms with E-state index in [1.54, 1.807) is 0 Å².